The predicted molar refractivity (Wildman–Crippen MR) is 209 cm³/mol. The Kier molecular flexibility index (Phi) is 9.72. The molecule has 1 aromatic heterocycles. The smallest absolute Gasteiger partial charge is 0.121 e. The van der Waals surface area contributed by atoms with Crippen molar-refractivity contribution in [3.63, 3.8) is 0 Å². The van der Waals surface area contributed by atoms with Crippen molar-refractivity contribution in [3.05, 3.63) is 203 Å². The van der Waals surface area contributed by atoms with E-state index >= 15 is 0 Å². The second-order valence-corrected chi connectivity index (χ2v) is 11.7. The topological polar surface area (TPSA) is 41.6 Å². The minimum Gasteiger partial charge on any atom is -0.197 e. The molecule has 1 heterocycles. The van der Waals surface area contributed by atoms with Gasteiger partial charge in [-0.1, -0.05) is 200 Å². The number of hydrogen-bond donors (Lipinski definition) is 1. The zero-order chi connectivity index (χ0) is 33.1. The maximum absolute atomic E-state index is 4.44. The molecular weight excluding hydrogens is 595 g/mol. The summed E-state index contributed by atoms with van der Waals surface area (Å²) in [5.74, 6) is 0. The molecule has 0 spiro atoms. The van der Waals surface area contributed by atoms with Crippen LogP contribution >= 0.6 is 0 Å². The Morgan fingerprint density at radius 1 is 0.347 bits per heavy atom. The third-order valence-electron chi connectivity index (χ3n) is 8.30. The molecule has 0 bridgehead atoms. The number of aromatic amines is 1. The van der Waals surface area contributed by atoms with E-state index in [1.807, 2.05) is 36.4 Å². The lowest BCUT2D eigenvalue weighted by Gasteiger charge is -2.09. The van der Waals surface area contributed by atoms with Crippen LogP contribution in [0.15, 0.2) is 170 Å². The Labute approximate surface area is 287 Å². The minimum atomic E-state index is 0.897. The molecule has 0 radical (unpaired) electrons. The van der Waals surface area contributed by atoms with Gasteiger partial charge in [0.15, 0.2) is 0 Å². The van der Waals surface area contributed by atoms with Gasteiger partial charge in [-0.2, -0.15) is 15.4 Å². The van der Waals surface area contributed by atoms with Crippen LogP contribution in [0.1, 0.15) is 33.4 Å². The third kappa shape index (κ3) is 7.87. The second kappa shape index (κ2) is 15.3. The second-order valence-electron chi connectivity index (χ2n) is 11.7. The summed E-state index contributed by atoms with van der Waals surface area (Å²) in [6.45, 7) is 0. The van der Waals surface area contributed by atoms with Crippen molar-refractivity contribution in [3.8, 4) is 11.1 Å². The molecule has 0 aliphatic rings. The van der Waals surface area contributed by atoms with Crippen molar-refractivity contribution < 1.29 is 0 Å². The summed E-state index contributed by atoms with van der Waals surface area (Å²) < 4.78 is 0. The summed E-state index contributed by atoms with van der Waals surface area (Å²) in [7, 11) is 0. The average Bonchev–Trinajstić information content (AvgIpc) is 3.68. The first kappa shape index (κ1) is 31.0. The molecule has 1 N–H and O–H groups in total. The van der Waals surface area contributed by atoms with E-state index in [1.165, 1.54) is 27.8 Å². The van der Waals surface area contributed by atoms with Gasteiger partial charge in [0.1, 0.15) is 11.0 Å². The zero-order valence-corrected chi connectivity index (χ0v) is 27.0. The SMILES string of the molecule is C(=Cc1ccc(C=Cc2ccccc2)cc1)c1ccccc1.C(=Cc1ccccc1-c1cc2ccccc2c2n[nH]nc12)c1ccccc1. The molecule has 8 aromatic rings. The molecule has 0 saturated heterocycles. The number of benzene rings is 7. The van der Waals surface area contributed by atoms with Gasteiger partial charge in [-0.25, -0.2) is 0 Å². The molecule has 0 aliphatic heterocycles. The number of aromatic nitrogens is 3. The molecule has 0 fully saturated rings. The Bertz CT molecular complexity index is 2280. The molecule has 0 aliphatic carbocycles. The number of H-pyrrole nitrogens is 1. The van der Waals surface area contributed by atoms with E-state index in [-0.39, 0.29) is 0 Å². The van der Waals surface area contributed by atoms with Gasteiger partial charge in [0.05, 0.1) is 0 Å². The monoisotopic (exact) mass is 629 g/mol. The summed E-state index contributed by atoms with van der Waals surface area (Å²) in [5.41, 5.74) is 11.2. The first-order chi connectivity index (χ1) is 24.3. The van der Waals surface area contributed by atoms with E-state index in [1.54, 1.807) is 0 Å². The van der Waals surface area contributed by atoms with E-state index in [0.29, 0.717) is 0 Å². The quantitative estimate of drug-likeness (QED) is 0.178. The van der Waals surface area contributed by atoms with Crippen LogP contribution in [-0.4, -0.2) is 15.4 Å². The molecule has 0 unspecified atom stereocenters. The number of rotatable bonds is 7. The van der Waals surface area contributed by atoms with Crippen LogP contribution in [0.3, 0.4) is 0 Å². The highest BCUT2D eigenvalue weighted by Gasteiger charge is 2.13. The van der Waals surface area contributed by atoms with Gasteiger partial charge in [0, 0.05) is 10.9 Å². The molecule has 234 valence electrons. The van der Waals surface area contributed by atoms with Crippen molar-refractivity contribution in [2.24, 2.45) is 0 Å². The van der Waals surface area contributed by atoms with Crippen LogP contribution in [0.4, 0.5) is 0 Å². The summed E-state index contributed by atoms with van der Waals surface area (Å²) >= 11 is 0. The molecular formula is C46H35N3. The highest BCUT2D eigenvalue weighted by Crippen LogP contribution is 2.34. The molecule has 3 heteroatoms. The number of nitrogens with zero attached hydrogens (tertiary/aromatic N) is 2. The summed E-state index contributed by atoms with van der Waals surface area (Å²) in [6, 6.07) is 58.5. The first-order valence-corrected chi connectivity index (χ1v) is 16.4. The molecule has 49 heavy (non-hydrogen) atoms. The fourth-order valence-corrected chi connectivity index (χ4v) is 5.74. The highest BCUT2D eigenvalue weighted by molar-refractivity contribution is 6.10. The average molecular weight is 630 g/mol. The Morgan fingerprint density at radius 3 is 1.35 bits per heavy atom. The number of fused-ring (bicyclic) bond motifs is 3. The van der Waals surface area contributed by atoms with Crippen molar-refractivity contribution in [1.82, 2.24) is 15.4 Å². The van der Waals surface area contributed by atoms with Crippen molar-refractivity contribution in [1.29, 1.82) is 0 Å². The molecule has 0 amide bonds. The van der Waals surface area contributed by atoms with Gasteiger partial charge in [-0.15, -0.1) is 0 Å². The van der Waals surface area contributed by atoms with E-state index in [0.717, 1.165) is 38.5 Å². The van der Waals surface area contributed by atoms with Gasteiger partial charge in [-0.05, 0) is 50.4 Å². The maximum Gasteiger partial charge on any atom is 0.121 e. The van der Waals surface area contributed by atoms with Crippen LogP contribution in [0.5, 0.6) is 0 Å². The van der Waals surface area contributed by atoms with E-state index in [9.17, 15) is 0 Å². The summed E-state index contributed by atoms with van der Waals surface area (Å²) in [5, 5.41) is 13.9. The van der Waals surface area contributed by atoms with E-state index < -0.39 is 0 Å². The zero-order valence-electron chi connectivity index (χ0n) is 27.0. The fourth-order valence-electron chi connectivity index (χ4n) is 5.74. The normalized spacial score (nSPS) is 11.4. The van der Waals surface area contributed by atoms with Crippen molar-refractivity contribution in [2.45, 2.75) is 0 Å². The van der Waals surface area contributed by atoms with Crippen LogP contribution in [-0.2, 0) is 0 Å². The van der Waals surface area contributed by atoms with Crippen molar-refractivity contribution >= 4 is 58.3 Å². The molecule has 3 nitrogen and oxygen atoms in total. The fraction of sp³-hybridized carbons (Fsp3) is 0. The van der Waals surface area contributed by atoms with Crippen LogP contribution in [0.25, 0.3) is 69.4 Å². The van der Waals surface area contributed by atoms with Gasteiger partial charge in [0.2, 0.25) is 0 Å². The maximum atomic E-state index is 4.44. The van der Waals surface area contributed by atoms with Crippen LogP contribution < -0.4 is 0 Å². The lowest BCUT2D eigenvalue weighted by Crippen LogP contribution is -1.87. The van der Waals surface area contributed by atoms with Gasteiger partial charge >= 0.3 is 0 Å². The minimum absolute atomic E-state index is 0.897. The van der Waals surface area contributed by atoms with E-state index in [4.69, 9.17) is 0 Å². The first-order valence-electron chi connectivity index (χ1n) is 16.4. The number of nitrogens with one attached hydrogen (secondary N) is 1. The van der Waals surface area contributed by atoms with E-state index in [2.05, 4.69) is 185 Å². The Morgan fingerprint density at radius 2 is 0.776 bits per heavy atom. The van der Waals surface area contributed by atoms with Crippen LogP contribution in [0.2, 0.25) is 0 Å². The van der Waals surface area contributed by atoms with Gasteiger partial charge in [0.25, 0.3) is 0 Å². The molecule has 7 aromatic carbocycles. The third-order valence-corrected chi connectivity index (χ3v) is 8.30. The van der Waals surface area contributed by atoms with Gasteiger partial charge < -0.3 is 0 Å². The molecule has 0 atom stereocenters. The number of hydrogen-bond acceptors (Lipinski definition) is 2. The lowest BCUT2D eigenvalue weighted by atomic mass is 9.95. The molecule has 8 rings (SSSR count). The van der Waals surface area contributed by atoms with Gasteiger partial charge in [-0.3, -0.25) is 0 Å². The predicted octanol–water partition coefficient (Wildman–Crippen LogP) is 12.0. The highest BCUT2D eigenvalue weighted by atomic mass is 15.3. The van der Waals surface area contributed by atoms with Crippen molar-refractivity contribution in [2.75, 3.05) is 0 Å². The van der Waals surface area contributed by atoms with Crippen LogP contribution in [0, 0.1) is 0 Å². The Balaban J connectivity index is 0.000000158. The largest absolute Gasteiger partial charge is 0.197 e. The Hall–Kier alpha value is -6.58. The molecule has 0 saturated carbocycles. The summed E-state index contributed by atoms with van der Waals surface area (Å²) in [4.78, 5) is 0. The lowest BCUT2D eigenvalue weighted by molar-refractivity contribution is 0.960. The summed E-state index contributed by atoms with van der Waals surface area (Å²) in [6.07, 6.45) is 12.8. The standard InChI is InChI=1S/C24H17N3.C22H18/c1-2-8-17(9-3-1)14-15-18-10-4-6-12-20(18)22-16-19-11-5-7-13-21(19)23-24(22)26-27-25-23;1-3-7-19(8-4-1)11-13-21-15-17-22(18-16-21)14-12-20-9-5-2-6-10-20/h1-16H,(H,25,26,27);1-18H.